The van der Waals surface area contributed by atoms with Crippen molar-refractivity contribution < 1.29 is 4.79 Å². The maximum absolute atomic E-state index is 12.6. The van der Waals surface area contributed by atoms with Gasteiger partial charge in [0.1, 0.15) is 0 Å². The third kappa shape index (κ3) is 4.73. The molecule has 1 atom stereocenters. The van der Waals surface area contributed by atoms with Crippen LogP contribution in [0.5, 0.6) is 0 Å². The zero-order valence-corrected chi connectivity index (χ0v) is 18.5. The van der Waals surface area contributed by atoms with Crippen molar-refractivity contribution >= 4 is 17.2 Å². The number of likely N-dealkylation sites (N-methyl/N-ethyl adjacent to an activating group) is 1. The highest BCUT2D eigenvalue weighted by Crippen LogP contribution is 2.52. The summed E-state index contributed by atoms with van der Waals surface area (Å²) >= 11 is 1.86. The number of hydrogen-bond donors (Lipinski definition) is 1. The van der Waals surface area contributed by atoms with Crippen LogP contribution in [0.1, 0.15) is 47.6 Å². The summed E-state index contributed by atoms with van der Waals surface area (Å²) in [6.45, 7) is 4.98. The third-order valence-electron chi connectivity index (χ3n) is 6.69. The normalized spacial score (nSPS) is 20.9. The average molecular weight is 412 g/mol. The lowest BCUT2D eigenvalue weighted by atomic mass is 9.73. The first kappa shape index (κ1) is 20.6. The van der Waals surface area contributed by atoms with Crippen molar-refractivity contribution in [1.82, 2.24) is 15.1 Å². The standard InChI is InChI=1S/C24H33N3OS/c1-26(2)14-11-25-23(28)16-19-17-24(22-8-4-3-7-21(19)22)9-12-27(13-10-24)18-20-6-5-15-29-20/h3-8,15,19H,9-14,16-18H2,1-2H3,(H,25,28)/t19-/m1/s1. The van der Waals surface area contributed by atoms with Gasteiger partial charge in [-0.2, -0.15) is 0 Å². The van der Waals surface area contributed by atoms with Gasteiger partial charge in [0.15, 0.2) is 0 Å². The number of nitrogens with one attached hydrogen (secondary N) is 1. The van der Waals surface area contributed by atoms with Crippen molar-refractivity contribution in [1.29, 1.82) is 0 Å². The van der Waals surface area contributed by atoms with Gasteiger partial charge in [-0.25, -0.2) is 0 Å². The summed E-state index contributed by atoms with van der Waals surface area (Å²) in [7, 11) is 4.07. The van der Waals surface area contributed by atoms with Gasteiger partial charge < -0.3 is 10.2 Å². The molecule has 156 valence electrons. The van der Waals surface area contributed by atoms with Crippen LogP contribution in [0.15, 0.2) is 41.8 Å². The summed E-state index contributed by atoms with van der Waals surface area (Å²) in [5.74, 6) is 0.549. The Hall–Kier alpha value is -1.69. The Morgan fingerprint density at radius 1 is 1.21 bits per heavy atom. The molecule has 4 rings (SSSR count). The summed E-state index contributed by atoms with van der Waals surface area (Å²) in [5, 5.41) is 5.28. The number of likely N-dealkylation sites (tertiary alicyclic amines) is 1. The van der Waals surface area contributed by atoms with Gasteiger partial charge in [-0.3, -0.25) is 9.69 Å². The smallest absolute Gasteiger partial charge is 0.220 e. The van der Waals surface area contributed by atoms with E-state index in [1.807, 2.05) is 25.4 Å². The molecular formula is C24H33N3OS. The molecule has 1 spiro atoms. The number of benzene rings is 1. The summed E-state index contributed by atoms with van der Waals surface area (Å²) in [4.78, 5) is 18.7. The Bertz CT molecular complexity index is 809. The lowest BCUT2D eigenvalue weighted by Crippen LogP contribution is -2.41. The Morgan fingerprint density at radius 2 is 2.00 bits per heavy atom. The molecule has 2 heterocycles. The molecule has 5 heteroatoms. The minimum Gasteiger partial charge on any atom is -0.355 e. The molecule has 4 nitrogen and oxygen atoms in total. The highest BCUT2D eigenvalue weighted by atomic mass is 32.1. The maximum atomic E-state index is 12.6. The Labute approximate surface area is 178 Å². The van der Waals surface area contributed by atoms with Gasteiger partial charge in [0, 0.05) is 30.9 Å². The van der Waals surface area contributed by atoms with Gasteiger partial charge in [0.25, 0.3) is 0 Å². The van der Waals surface area contributed by atoms with Crippen molar-refractivity contribution in [3.05, 3.63) is 57.8 Å². The van der Waals surface area contributed by atoms with E-state index < -0.39 is 0 Å². The Kier molecular flexibility index (Phi) is 6.38. The van der Waals surface area contributed by atoms with Crippen LogP contribution >= 0.6 is 11.3 Å². The van der Waals surface area contributed by atoms with Crippen LogP contribution in [0, 0.1) is 0 Å². The second-order valence-electron chi connectivity index (χ2n) is 8.98. The van der Waals surface area contributed by atoms with E-state index in [1.54, 1.807) is 0 Å². The molecule has 29 heavy (non-hydrogen) atoms. The van der Waals surface area contributed by atoms with E-state index in [4.69, 9.17) is 0 Å². The minimum absolute atomic E-state index is 0.193. The quantitative estimate of drug-likeness (QED) is 0.752. The third-order valence-corrected chi connectivity index (χ3v) is 7.56. The van der Waals surface area contributed by atoms with Gasteiger partial charge in [-0.1, -0.05) is 30.3 Å². The molecular weight excluding hydrogens is 378 g/mol. The molecule has 1 N–H and O–H groups in total. The molecule has 2 aromatic rings. The molecule has 0 unspecified atom stereocenters. The van der Waals surface area contributed by atoms with E-state index in [-0.39, 0.29) is 11.3 Å². The number of carbonyl (C=O) groups excluding carboxylic acids is 1. The largest absolute Gasteiger partial charge is 0.355 e. The first-order valence-corrected chi connectivity index (χ1v) is 11.7. The van der Waals surface area contributed by atoms with Gasteiger partial charge in [-0.15, -0.1) is 11.3 Å². The molecule has 1 fully saturated rings. The number of hydrogen-bond acceptors (Lipinski definition) is 4. The summed E-state index contributed by atoms with van der Waals surface area (Å²) in [6.07, 6.45) is 4.15. The number of rotatable bonds is 7. The van der Waals surface area contributed by atoms with Crippen molar-refractivity contribution in [2.45, 2.75) is 43.6 Å². The maximum Gasteiger partial charge on any atom is 0.220 e. The Balaban J connectivity index is 1.40. The van der Waals surface area contributed by atoms with Gasteiger partial charge in [-0.05, 0) is 80.4 Å². The first-order valence-electron chi connectivity index (χ1n) is 10.8. The van der Waals surface area contributed by atoms with E-state index in [0.29, 0.717) is 12.3 Å². The molecule has 1 amide bonds. The second-order valence-corrected chi connectivity index (χ2v) is 10.0. The molecule has 0 radical (unpaired) electrons. The van der Waals surface area contributed by atoms with Crippen LogP contribution in [-0.4, -0.2) is 56.0 Å². The van der Waals surface area contributed by atoms with Crippen LogP contribution in [0.25, 0.3) is 0 Å². The number of nitrogens with zero attached hydrogens (tertiary/aromatic N) is 2. The minimum atomic E-state index is 0.193. The molecule has 1 aliphatic carbocycles. The van der Waals surface area contributed by atoms with Crippen LogP contribution in [-0.2, 0) is 16.8 Å². The van der Waals surface area contributed by atoms with Gasteiger partial charge >= 0.3 is 0 Å². The summed E-state index contributed by atoms with van der Waals surface area (Å²) < 4.78 is 0. The van der Waals surface area contributed by atoms with E-state index in [0.717, 1.165) is 39.1 Å². The number of thiophene rings is 1. The number of fused-ring (bicyclic) bond motifs is 2. The molecule has 1 aromatic carbocycles. The van der Waals surface area contributed by atoms with Crippen molar-refractivity contribution in [3.63, 3.8) is 0 Å². The van der Waals surface area contributed by atoms with Crippen LogP contribution in [0.4, 0.5) is 0 Å². The van der Waals surface area contributed by atoms with E-state index in [9.17, 15) is 4.79 Å². The number of carbonyl (C=O) groups is 1. The second kappa shape index (κ2) is 8.99. The van der Waals surface area contributed by atoms with Gasteiger partial charge in [0.2, 0.25) is 5.91 Å². The molecule has 1 saturated heterocycles. The topological polar surface area (TPSA) is 35.6 Å². The van der Waals surface area contributed by atoms with Crippen molar-refractivity contribution in [2.75, 3.05) is 40.3 Å². The van der Waals surface area contributed by atoms with Crippen LogP contribution < -0.4 is 5.32 Å². The van der Waals surface area contributed by atoms with Crippen molar-refractivity contribution in [2.24, 2.45) is 0 Å². The van der Waals surface area contributed by atoms with Crippen LogP contribution in [0.3, 0.4) is 0 Å². The summed E-state index contributed by atoms with van der Waals surface area (Å²) in [5.41, 5.74) is 3.20. The SMILES string of the molecule is CN(C)CCNC(=O)C[C@@H]1CC2(CCN(Cc3cccs3)CC2)c2ccccc21. The predicted molar refractivity (Wildman–Crippen MR) is 120 cm³/mol. The molecule has 1 aliphatic heterocycles. The fourth-order valence-corrected chi connectivity index (χ4v) is 5.91. The summed E-state index contributed by atoms with van der Waals surface area (Å²) in [6, 6.07) is 13.3. The fraction of sp³-hybridized carbons (Fsp3) is 0.542. The monoisotopic (exact) mass is 411 g/mol. The zero-order valence-electron chi connectivity index (χ0n) is 17.7. The predicted octanol–water partition coefficient (Wildman–Crippen LogP) is 3.84. The Morgan fingerprint density at radius 3 is 2.72 bits per heavy atom. The van der Waals surface area contributed by atoms with E-state index in [1.165, 1.54) is 28.8 Å². The lowest BCUT2D eigenvalue weighted by Gasteiger charge is -2.40. The van der Waals surface area contributed by atoms with E-state index in [2.05, 4.69) is 56.9 Å². The molecule has 0 bridgehead atoms. The van der Waals surface area contributed by atoms with Crippen molar-refractivity contribution in [3.8, 4) is 0 Å². The molecule has 0 saturated carbocycles. The lowest BCUT2D eigenvalue weighted by molar-refractivity contribution is -0.121. The van der Waals surface area contributed by atoms with Crippen LogP contribution in [0.2, 0.25) is 0 Å². The van der Waals surface area contributed by atoms with Gasteiger partial charge in [0.05, 0.1) is 0 Å². The number of piperidine rings is 1. The highest BCUT2D eigenvalue weighted by molar-refractivity contribution is 7.09. The first-order chi connectivity index (χ1) is 14.1. The highest BCUT2D eigenvalue weighted by Gasteiger charge is 2.45. The van der Waals surface area contributed by atoms with E-state index >= 15 is 0 Å². The fourth-order valence-electron chi connectivity index (χ4n) is 5.16. The molecule has 1 aromatic heterocycles. The molecule has 2 aliphatic rings. The average Bonchev–Trinajstić information content (AvgIpc) is 3.31. The number of amides is 1. The zero-order chi connectivity index (χ0) is 20.3.